The van der Waals surface area contributed by atoms with Crippen molar-refractivity contribution >= 4 is 125 Å². The predicted molar refractivity (Wildman–Crippen MR) is 309 cm³/mol. The number of hydrogen-bond acceptors (Lipinski definition) is 2. The van der Waals surface area contributed by atoms with E-state index < -0.39 is 0 Å². The maximum atomic E-state index is 5.53. The summed E-state index contributed by atoms with van der Waals surface area (Å²) in [7, 11) is 0. The second-order valence-corrected chi connectivity index (χ2v) is 19.7. The summed E-state index contributed by atoms with van der Waals surface area (Å²) in [6.07, 6.45) is 0. The van der Waals surface area contributed by atoms with E-state index in [4.69, 9.17) is 9.97 Å². The number of rotatable bonds is 4. The summed E-state index contributed by atoms with van der Waals surface area (Å²) in [5, 5.41) is 15.5. The van der Waals surface area contributed by atoms with Crippen LogP contribution in [-0.2, 0) is 0 Å². The van der Waals surface area contributed by atoms with Crippen LogP contribution < -0.4 is 0 Å². The third-order valence-electron chi connectivity index (χ3n) is 15.9. The molecule has 0 radical (unpaired) electrons. The van der Waals surface area contributed by atoms with Gasteiger partial charge in [-0.2, -0.15) is 0 Å². The molecule has 0 spiro atoms. The van der Waals surface area contributed by atoms with Crippen molar-refractivity contribution in [2.45, 2.75) is 0 Å². The molecule has 0 aliphatic rings. The largest absolute Gasteiger partial charge is 0.309 e. The third kappa shape index (κ3) is 5.38. The Kier molecular flexibility index (Phi) is 7.91. The SMILES string of the molecule is c1ccc2c(c1)ccc1c2c2cc(-c3cc(-n4c5ccccc5c5ccc6ccccc6c54)cc(-n4c5ccccc5c5ccc6ccccc6c54)c3)ccc2n1-c1nc2ccccc2c2nc3ccccc3n12. The van der Waals surface area contributed by atoms with Crippen LogP contribution >= 0.6 is 0 Å². The minimum Gasteiger partial charge on any atom is -0.309 e. The first-order valence-electron chi connectivity index (χ1n) is 25.3. The van der Waals surface area contributed by atoms with Gasteiger partial charge in [0.1, 0.15) is 5.65 Å². The zero-order valence-electron chi connectivity index (χ0n) is 39.8. The van der Waals surface area contributed by atoms with Gasteiger partial charge in [-0.3, -0.25) is 8.97 Å². The van der Waals surface area contributed by atoms with E-state index in [1.165, 1.54) is 81.3 Å². The number of nitrogens with zero attached hydrogens (tertiary/aromatic N) is 6. The van der Waals surface area contributed by atoms with Crippen LogP contribution in [0.4, 0.5) is 0 Å². The fourth-order valence-corrected chi connectivity index (χ4v) is 12.7. The lowest BCUT2D eigenvalue weighted by Gasteiger charge is -2.17. The van der Waals surface area contributed by atoms with Gasteiger partial charge in [-0.25, -0.2) is 9.97 Å². The van der Waals surface area contributed by atoms with Crippen LogP contribution in [-0.4, -0.2) is 28.1 Å². The van der Waals surface area contributed by atoms with Crippen LogP contribution in [0, 0.1) is 0 Å². The molecule has 5 heterocycles. The lowest BCUT2D eigenvalue weighted by atomic mass is 9.99. The number of hydrogen-bond donors (Lipinski definition) is 0. The molecule has 6 nitrogen and oxygen atoms in total. The predicted octanol–water partition coefficient (Wildman–Crippen LogP) is 17.5. The molecule has 12 aromatic carbocycles. The van der Waals surface area contributed by atoms with Gasteiger partial charge in [0.2, 0.25) is 5.95 Å². The van der Waals surface area contributed by atoms with Gasteiger partial charge >= 0.3 is 0 Å². The molecule has 17 aromatic rings. The first-order valence-corrected chi connectivity index (χ1v) is 25.3. The number of imidazole rings is 1. The average molecular weight is 941 g/mol. The maximum Gasteiger partial charge on any atom is 0.221 e. The molecule has 17 rings (SSSR count). The quantitative estimate of drug-likeness (QED) is 0.176. The molecule has 342 valence electrons. The molecule has 0 fully saturated rings. The van der Waals surface area contributed by atoms with E-state index in [9.17, 15) is 0 Å². The van der Waals surface area contributed by atoms with Gasteiger partial charge in [0.25, 0.3) is 0 Å². The van der Waals surface area contributed by atoms with E-state index in [0.29, 0.717) is 0 Å². The van der Waals surface area contributed by atoms with Gasteiger partial charge in [0.15, 0.2) is 0 Å². The van der Waals surface area contributed by atoms with Crippen LogP contribution in [0.15, 0.2) is 243 Å². The van der Waals surface area contributed by atoms with Crippen LogP contribution in [0.2, 0.25) is 0 Å². The number of fused-ring (bicyclic) bond motifs is 20. The highest BCUT2D eigenvalue weighted by Gasteiger charge is 2.24. The summed E-state index contributed by atoms with van der Waals surface area (Å²) in [5.41, 5.74) is 15.0. The van der Waals surface area contributed by atoms with E-state index in [1.54, 1.807) is 0 Å². The van der Waals surface area contributed by atoms with Gasteiger partial charge in [0, 0.05) is 59.9 Å². The lowest BCUT2D eigenvalue weighted by molar-refractivity contribution is 0.980. The van der Waals surface area contributed by atoms with Crippen molar-refractivity contribution < 1.29 is 0 Å². The summed E-state index contributed by atoms with van der Waals surface area (Å²) < 4.78 is 9.63. The van der Waals surface area contributed by atoms with E-state index >= 15 is 0 Å². The van der Waals surface area contributed by atoms with E-state index in [0.717, 1.165) is 72.5 Å². The van der Waals surface area contributed by atoms with Gasteiger partial charge in [0.05, 0.1) is 49.7 Å². The molecule has 0 unspecified atom stereocenters. The first-order chi connectivity index (χ1) is 36.7. The monoisotopic (exact) mass is 940 g/mol. The highest BCUT2D eigenvalue weighted by atomic mass is 15.2. The Morgan fingerprint density at radius 1 is 0.270 bits per heavy atom. The number of para-hydroxylation sites is 5. The van der Waals surface area contributed by atoms with Gasteiger partial charge in [-0.15, -0.1) is 0 Å². The molecule has 5 aromatic heterocycles. The minimum atomic E-state index is 0.803. The van der Waals surface area contributed by atoms with E-state index in [-0.39, 0.29) is 0 Å². The van der Waals surface area contributed by atoms with E-state index in [2.05, 4.69) is 261 Å². The second kappa shape index (κ2) is 14.8. The molecule has 0 aliphatic heterocycles. The Morgan fingerprint density at radius 2 is 0.757 bits per heavy atom. The molecule has 0 saturated carbocycles. The topological polar surface area (TPSA) is 45.0 Å². The maximum absolute atomic E-state index is 5.53. The Labute approximate surface area is 422 Å². The van der Waals surface area contributed by atoms with Crippen LogP contribution in [0.1, 0.15) is 0 Å². The molecule has 0 N–H and O–H groups in total. The molecule has 0 bridgehead atoms. The molecular formula is C68H40N6. The second-order valence-electron chi connectivity index (χ2n) is 19.7. The normalized spacial score (nSPS) is 12.3. The van der Waals surface area contributed by atoms with Crippen molar-refractivity contribution in [1.29, 1.82) is 0 Å². The fourth-order valence-electron chi connectivity index (χ4n) is 12.7. The van der Waals surface area contributed by atoms with Crippen molar-refractivity contribution in [2.75, 3.05) is 0 Å². The number of benzene rings is 12. The highest BCUT2D eigenvalue weighted by molar-refractivity contribution is 6.23. The highest BCUT2D eigenvalue weighted by Crippen LogP contribution is 2.44. The van der Waals surface area contributed by atoms with Gasteiger partial charge in [-0.05, 0) is 105 Å². The molecule has 0 aliphatic carbocycles. The average Bonchev–Trinajstić information content (AvgIpc) is 4.22. The summed E-state index contributed by atoms with van der Waals surface area (Å²) in [6.45, 7) is 0. The van der Waals surface area contributed by atoms with E-state index in [1.807, 2.05) is 0 Å². The molecule has 0 amide bonds. The molecule has 6 heteroatoms. The fraction of sp³-hybridized carbons (Fsp3) is 0. The lowest BCUT2D eigenvalue weighted by Crippen LogP contribution is -2.06. The van der Waals surface area contributed by atoms with Crippen molar-refractivity contribution in [3.8, 4) is 28.5 Å². The van der Waals surface area contributed by atoms with Crippen LogP contribution in [0.25, 0.3) is 154 Å². The van der Waals surface area contributed by atoms with Crippen LogP contribution in [0.3, 0.4) is 0 Å². The van der Waals surface area contributed by atoms with Crippen molar-refractivity contribution in [2.24, 2.45) is 0 Å². The Morgan fingerprint density at radius 3 is 1.41 bits per heavy atom. The minimum absolute atomic E-state index is 0.803. The van der Waals surface area contributed by atoms with Crippen molar-refractivity contribution in [3.63, 3.8) is 0 Å². The number of aromatic nitrogens is 6. The molecule has 74 heavy (non-hydrogen) atoms. The first kappa shape index (κ1) is 39.7. The summed E-state index contributed by atoms with van der Waals surface area (Å²) in [4.78, 5) is 10.8. The van der Waals surface area contributed by atoms with Crippen molar-refractivity contribution in [3.05, 3.63) is 243 Å². The Hall–Kier alpha value is -10.0. The Balaban J connectivity index is 1.01. The zero-order valence-corrected chi connectivity index (χ0v) is 39.8. The summed E-state index contributed by atoms with van der Waals surface area (Å²) in [5.74, 6) is 0.803. The van der Waals surface area contributed by atoms with Gasteiger partial charge < -0.3 is 9.13 Å². The molecule has 0 atom stereocenters. The van der Waals surface area contributed by atoms with Crippen LogP contribution in [0.5, 0.6) is 0 Å². The summed E-state index contributed by atoms with van der Waals surface area (Å²) >= 11 is 0. The smallest absolute Gasteiger partial charge is 0.221 e. The third-order valence-corrected chi connectivity index (χ3v) is 15.9. The Bertz CT molecular complexity index is 5110. The molecule has 0 saturated heterocycles. The summed E-state index contributed by atoms with van der Waals surface area (Å²) in [6, 6.07) is 88.9. The van der Waals surface area contributed by atoms with Crippen molar-refractivity contribution in [1.82, 2.24) is 28.1 Å². The standard InChI is InChI=1S/C68H40N6/c1-4-18-48-41(15-1)31-36-63-64(48)56-39-44(32-35-61(56)73(63)68-70-57-24-10-7-23-55(57)67-69-58-25-11-14-28-62(58)74(67)68)45-37-46(71-59-26-12-8-21-51(59)53-33-29-42-16-2-5-19-49(42)65(53)71)40-47(38-45)72-60-27-13-9-22-52(60)54-34-30-43-17-3-6-20-50(43)66(54)72/h1-40H. The molecular weight excluding hydrogens is 901 g/mol. The zero-order chi connectivity index (χ0) is 48.2. The van der Waals surface area contributed by atoms with Gasteiger partial charge in [-0.1, -0.05) is 170 Å².